The maximum Gasteiger partial charge on any atom is 0.460 e. The zero-order chi connectivity index (χ0) is 21.4. The van der Waals surface area contributed by atoms with Gasteiger partial charge in [0.2, 0.25) is 0 Å². The van der Waals surface area contributed by atoms with Crippen LogP contribution >= 0.6 is 11.3 Å². The van der Waals surface area contributed by atoms with E-state index in [0.717, 1.165) is 29.5 Å². The van der Waals surface area contributed by atoms with Crippen molar-refractivity contribution in [2.45, 2.75) is 23.9 Å². The lowest BCUT2D eigenvalue weighted by Gasteiger charge is -2.32. The third-order valence-electron chi connectivity index (χ3n) is 3.61. The molecule has 0 saturated carbocycles. The number of allylic oxidation sites excluding steroid dienone is 2. The van der Waals surface area contributed by atoms with E-state index in [1.807, 2.05) is 0 Å². The lowest BCUT2D eigenvalue weighted by Crippen LogP contribution is -2.60. The Kier molecular flexibility index (Phi) is 5.71. The standard InChI is InChI=1S/C17H9F9OS/c18-14(19,15(20,21)16(22,23)17(24,25)26)8-12(10-4-2-1-3-5-10)13(27)11-6-7-28-9-11/h1-9H/b12-8+. The second kappa shape index (κ2) is 7.26. The summed E-state index contributed by atoms with van der Waals surface area (Å²) in [4.78, 5) is 12.4. The van der Waals surface area contributed by atoms with Crippen LogP contribution in [0.5, 0.6) is 0 Å². The van der Waals surface area contributed by atoms with Gasteiger partial charge in [0.1, 0.15) is 0 Å². The van der Waals surface area contributed by atoms with Crippen molar-refractivity contribution in [2.24, 2.45) is 0 Å². The number of carbonyl (C=O) groups is 1. The van der Waals surface area contributed by atoms with Crippen molar-refractivity contribution >= 4 is 22.7 Å². The molecule has 0 N–H and O–H groups in total. The number of Topliss-reactive ketones (excluding diaryl/α,β-unsaturated/α-hetero) is 1. The maximum atomic E-state index is 14.0. The minimum atomic E-state index is -7.03. The molecular weight excluding hydrogens is 423 g/mol. The van der Waals surface area contributed by atoms with Crippen LogP contribution in [0, 0.1) is 0 Å². The number of benzene rings is 1. The molecular formula is C17H9F9OS. The molecule has 0 fully saturated rings. The van der Waals surface area contributed by atoms with Crippen molar-refractivity contribution in [3.05, 3.63) is 64.4 Å². The molecule has 1 aromatic heterocycles. The number of hydrogen-bond donors (Lipinski definition) is 0. The van der Waals surface area contributed by atoms with Gasteiger partial charge in [0.15, 0.2) is 5.78 Å². The summed E-state index contributed by atoms with van der Waals surface area (Å²) in [5.74, 6) is -21.1. The van der Waals surface area contributed by atoms with Crippen molar-refractivity contribution in [1.29, 1.82) is 0 Å². The molecule has 2 rings (SSSR count). The third kappa shape index (κ3) is 3.80. The molecule has 152 valence electrons. The number of halogens is 9. The second-order valence-corrected chi connectivity index (χ2v) is 6.31. The van der Waals surface area contributed by atoms with Crippen molar-refractivity contribution in [1.82, 2.24) is 0 Å². The van der Waals surface area contributed by atoms with Crippen LogP contribution < -0.4 is 0 Å². The number of carbonyl (C=O) groups excluding carboxylic acids is 1. The fraction of sp³-hybridized carbons (Fsp3) is 0.235. The Bertz CT molecular complexity index is 853. The predicted molar refractivity (Wildman–Crippen MR) is 84.0 cm³/mol. The average Bonchev–Trinajstić information content (AvgIpc) is 3.13. The highest BCUT2D eigenvalue weighted by Gasteiger charge is 2.81. The normalized spacial score (nSPS) is 14.2. The Labute approximate surface area is 156 Å². The SMILES string of the molecule is O=C(/C(=C/C(F)(F)C(F)(F)C(F)(F)C(F)(F)F)c1ccccc1)c1ccsc1. The summed E-state index contributed by atoms with van der Waals surface area (Å²) >= 11 is 0.959. The molecule has 0 amide bonds. The highest BCUT2D eigenvalue weighted by Crippen LogP contribution is 2.54. The van der Waals surface area contributed by atoms with E-state index < -0.39 is 41.4 Å². The molecule has 0 bridgehead atoms. The van der Waals surface area contributed by atoms with Gasteiger partial charge in [0.25, 0.3) is 0 Å². The van der Waals surface area contributed by atoms with E-state index in [9.17, 15) is 44.3 Å². The first kappa shape index (κ1) is 22.0. The van der Waals surface area contributed by atoms with Crippen LogP contribution in [-0.4, -0.2) is 29.7 Å². The number of hydrogen-bond acceptors (Lipinski definition) is 2. The molecule has 0 aliphatic rings. The van der Waals surface area contributed by atoms with Crippen LogP contribution in [0.25, 0.3) is 5.57 Å². The predicted octanol–water partition coefficient (Wildman–Crippen LogP) is 6.48. The van der Waals surface area contributed by atoms with Gasteiger partial charge in [-0.1, -0.05) is 30.3 Å². The third-order valence-corrected chi connectivity index (χ3v) is 4.29. The first-order chi connectivity index (χ1) is 12.7. The van der Waals surface area contributed by atoms with Gasteiger partial charge in [0.05, 0.1) is 0 Å². The molecule has 0 saturated heterocycles. The van der Waals surface area contributed by atoms with E-state index in [1.165, 1.54) is 29.0 Å². The van der Waals surface area contributed by atoms with Crippen molar-refractivity contribution in [3.63, 3.8) is 0 Å². The zero-order valence-corrected chi connectivity index (χ0v) is 14.2. The summed E-state index contributed by atoms with van der Waals surface area (Å²) < 4.78 is 118. The summed E-state index contributed by atoms with van der Waals surface area (Å²) in [6.45, 7) is 0. The van der Waals surface area contributed by atoms with Gasteiger partial charge >= 0.3 is 23.9 Å². The van der Waals surface area contributed by atoms with E-state index in [1.54, 1.807) is 0 Å². The smallest absolute Gasteiger partial charge is 0.289 e. The van der Waals surface area contributed by atoms with E-state index in [4.69, 9.17) is 0 Å². The van der Waals surface area contributed by atoms with Gasteiger partial charge in [-0.3, -0.25) is 4.79 Å². The summed E-state index contributed by atoms with van der Waals surface area (Å²) in [6, 6.07) is 7.12. The minimum Gasteiger partial charge on any atom is -0.289 e. The first-order valence-corrected chi connectivity index (χ1v) is 8.22. The number of ketones is 1. The Morgan fingerprint density at radius 3 is 1.82 bits per heavy atom. The molecule has 0 radical (unpaired) electrons. The van der Waals surface area contributed by atoms with Crippen molar-refractivity contribution in [3.8, 4) is 0 Å². The molecule has 0 aliphatic heterocycles. The van der Waals surface area contributed by atoms with E-state index in [2.05, 4.69) is 0 Å². The summed E-state index contributed by atoms with van der Waals surface area (Å²) in [5, 5.41) is 2.54. The van der Waals surface area contributed by atoms with Crippen LogP contribution in [0.2, 0.25) is 0 Å². The van der Waals surface area contributed by atoms with Crippen LogP contribution in [-0.2, 0) is 0 Å². The number of rotatable bonds is 6. The van der Waals surface area contributed by atoms with Crippen LogP contribution in [0.3, 0.4) is 0 Å². The monoisotopic (exact) mass is 432 g/mol. The highest BCUT2D eigenvalue weighted by atomic mass is 32.1. The summed E-state index contributed by atoms with van der Waals surface area (Å²) in [5.41, 5.74) is -1.71. The molecule has 1 heterocycles. The molecule has 2 aromatic rings. The molecule has 11 heteroatoms. The second-order valence-electron chi connectivity index (χ2n) is 5.53. The van der Waals surface area contributed by atoms with Crippen LogP contribution in [0.4, 0.5) is 39.5 Å². The van der Waals surface area contributed by atoms with Gasteiger partial charge in [-0.25, -0.2) is 0 Å². The fourth-order valence-corrected chi connectivity index (χ4v) is 2.74. The molecule has 28 heavy (non-hydrogen) atoms. The maximum absolute atomic E-state index is 14.0. The van der Waals surface area contributed by atoms with E-state index in [-0.39, 0.29) is 11.1 Å². The molecule has 0 unspecified atom stereocenters. The largest absolute Gasteiger partial charge is 0.460 e. The van der Waals surface area contributed by atoms with Gasteiger partial charge < -0.3 is 0 Å². The van der Waals surface area contributed by atoms with E-state index in [0.29, 0.717) is 0 Å². The minimum absolute atomic E-state index is 0.221. The lowest BCUT2D eigenvalue weighted by molar-refractivity contribution is -0.388. The topological polar surface area (TPSA) is 17.1 Å². The Morgan fingerprint density at radius 1 is 0.786 bits per heavy atom. The van der Waals surface area contributed by atoms with Crippen molar-refractivity contribution < 1.29 is 44.3 Å². The zero-order valence-electron chi connectivity index (χ0n) is 13.4. The van der Waals surface area contributed by atoms with Gasteiger partial charge in [-0.15, -0.1) is 0 Å². The Balaban J connectivity index is 2.63. The highest BCUT2D eigenvalue weighted by molar-refractivity contribution is 7.08. The summed E-state index contributed by atoms with van der Waals surface area (Å²) in [7, 11) is 0. The number of alkyl halides is 9. The average molecular weight is 432 g/mol. The van der Waals surface area contributed by atoms with Gasteiger partial charge in [-0.05, 0) is 17.0 Å². The quantitative estimate of drug-likeness (QED) is 0.290. The van der Waals surface area contributed by atoms with Crippen LogP contribution in [0.15, 0.2) is 53.2 Å². The molecule has 0 atom stereocenters. The van der Waals surface area contributed by atoms with Crippen molar-refractivity contribution in [2.75, 3.05) is 0 Å². The van der Waals surface area contributed by atoms with Gasteiger partial charge in [-0.2, -0.15) is 50.9 Å². The van der Waals surface area contributed by atoms with E-state index >= 15 is 0 Å². The molecule has 0 aliphatic carbocycles. The molecule has 1 aromatic carbocycles. The lowest BCUT2D eigenvalue weighted by atomic mass is 9.93. The van der Waals surface area contributed by atoms with Crippen LogP contribution in [0.1, 0.15) is 15.9 Å². The summed E-state index contributed by atoms with van der Waals surface area (Å²) in [6.07, 6.45) is -7.78. The molecule has 1 nitrogen and oxygen atoms in total. The Morgan fingerprint density at radius 2 is 1.36 bits per heavy atom. The van der Waals surface area contributed by atoms with Gasteiger partial charge in [0, 0.05) is 22.6 Å². The number of thiophene rings is 1. The first-order valence-electron chi connectivity index (χ1n) is 7.28. The Hall–Kier alpha value is -2.30. The molecule has 0 spiro atoms. The fourth-order valence-electron chi connectivity index (χ4n) is 2.11.